The third kappa shape index (κ3) is 2.68. The smallest absolute Gasteiger partial charge is 0.363 e. The van der Waals surface area contributed by atoms with Gasteiger partial charge in [-0.25, -0.2) is 14.7 Å². The minimum absolute atomic E-state index is 0.209. The van der Waals surface area contributed by atoms with Gasteiger partial charge in [0.25, 0.3) is 0 Å². The predicted octanol–water partition coefficient (Wildman–Crippen LogP) is 0.621. The van der Waals surface area contributed by atoms with Crippen molar-refractivity contribution in [3.05, 3.63) is 39.9 Å². The summed E-state index contributed by atoms with van der Waals surface area (Å²) in [4.78, 5) is 25.5. The van der Waals surface area contributed by atoms with Crippen LogP contribution in [-0.2, 0) is 0 Å². The zero-order chi connectivity index (χ0) is 14.0. The van der Waals surface area contributed by atoms with Crippen molar-refractivity contribution in [3.63, 3.8) is 0 Å². The van der Waals surface area contributed by atoms with Gasteiger partial charge in [-0.2, -0.15) is 10.1 Å². The van der Waals surface area contributed by atoms with E-state index in [0.717, 1.165) is 0 Å². The molecule has 2 aromatic rings. The van der Waals surface area contributed by atoms with Gasteiger partial charge in [0.1, 0.15) is 17.0 Å². The lowest BCUT2D eigenvalue weighted by Crippen LogP contribution is -2.15. The molecule has 1 aromatic heterocycles. The van der Waals surface area contributed by atoms with Gasteiger partial charge in [-0.05, 0) is 19.1 Å². The van der Waals surface area contributed by atoms with E-state index in [1.165, 1.54) is 18.2 Å². The molecular formula is C11H10N4O4. The number of hydrogen-bond acceptors (Lipinski definition) is 6. The van der Waals surface area contributed by atoms with Crippen LogP contribution in [0.25, 0.3) is 0 Å². The average molecular weight is 262 g/mol. The largest absolute Gasteiger partial charge is 0.507 e. The van der Waals surface area contributed by atoms with Crippen molar-refractivity contribution in [2.24, 2.45) is 0 Å². The number of anilines is 2. The first kappa shape index (κ1) is 12.6. The summed E-state index contributed by atoms with van der Waals surface area (Å²) in [6.07, 6.45) is 0. The number of carboxylic acids is 1. The standard InChI is InChI=1S/C11H10N4O4/c1-5-9(13-11(19)15-14-5)12-6-2-3-7(10(17)18)8(16)4-6/h2-4,16H,1H3,(H,17,18)(H2,12,13,15,19). The maximum Gasteiger partial charge on any atom is 0.363 e. The number of aromatic hydroxyl groups is 1. The molecule has 1 aromatic carbocycles. The topological polar surface area (TPSA) is 128 Å². The molecule has 0 saturated heterocycles. The monoisotopic (exact) mass is 262 g/mol. The van der Waals surface area contributed by atoms with Crippen LogP contribution < -0.4 is 11.0 Å². The molecule has 4 N–H and O–H groups in total. The average Bonchev–Trinajstić information content (AvgIpc) is 2.33. The van der Waals surface area contributed by atoms with E-state index in [9.17, 15) is 14.7 Å². The molecule has 1 heterocycles. The quantitative estimate of drug-likeness (QED) is 0.638. The van der Waals surface area contributed by atoms with Gasteiger partial charge in [-0.15, -0.1) is 0 Å². The Hall–Kier alpha value is -2.90. The van der Waals surface area contributed by atoms with Crippen LogP contribution in [0.5, 0.6) is 5.75 Å². The lowest BCUT2D eigenvalue weighted by Gasteiger charge is -2.08. The van der Waals surface area contributed by atoms with Crippen LogP contribution in [0.2, 0.25) is 0 Å². The zero-order valence-electron chi connectivity index (χ0n) is 9.84. The highest BCUT2D eigenvalue weighted by atomic mass is 16.4. The van der Waals surface area contributed by atoms with Crippen molar-refractivity contribution < 1.29 is 15.0 Å². The fourth-order valence-corrected chi connectivity index (χ4v) is 1.44. The number of benzene rings is 1. The number of H-pyrrole nitrogens is 1. The van der Waals surface area contributed by atoms with Gasteiger partial charge in [0.05, 0.1) is 0 Å². The summed E-state index contributed by atoms with van der Waals surface area (Å²) < 4.78 is 0. The van der Waals surface area contributed by atoms with Crippen LogP contribution in [0.3, 0.4) is 0 Å². The molecule has 0 saturated carbocycles. The highest BCUT2D eigenvalue weighted by Gasteiger charge is 2.10. The van der Waals surface area contributed by atoms with Crippen LogP contribution in [0, 0.1) is 6.92 Å². The zero-order valence-corrected chi connectivity index (χ0v) is 9.84. The molecule has 0 aliphatic heterocycles. The second-order valence-corrected chi connectivity index (χ2v) is 3.74. The molecule has 0 unspecified atom stereocenters. The Bertz CT molecular complexity index is 695. The summed E-state index contributed by atoms with van der Waals surface area (Å²) in [6.45, 7) is 1.64. The molecule has 8 nitrogen and oxygen atoms in total. The van der Waals surface area contributed by atoms with E-state index in [4.69, 9.17) is 5.11 Å². The summed E-state index contributed by atoms with van der Waals surface area (Å²) in [5.74, 6) is -1.38. The van der Waals surface area contributed by atoms with Crippen molar-refractivity contribution in [2.75, 3.05) is 5.32 Å². The summed E-state index contributed by atoms with van der Waals surface area (Å²) >= 11 is 0. The Balaban J connectivity index is 2.34. The number of aromatic amines is 1. The number of carbonyl (C=O) groups is 1. The fourth-order valence-electron chi connectivity index (χ4n) is 1.44. The number of carboxylic acid groups (broad SMARTS) is 1. The first-order chi connectivity index (χ1) is 8.97. The molecule has 2 rings (SSSR count). The highest BCUT2D eigenvalue weighted by molar-refractivity contribution is 5.91. The first-order valence-corrected chi connectivity index (χ1v) is 5.24. The van der Waals surface area contributed by atoms with E-state index in [0.29, 0.717) is 11.4 Å². The van der Waals surface area contributed by atoms with Crippen molar-refractivity contribution in [1.29, 1.82) is 0 Å². The molecule has 98 valence electrons. The van der Waals surface area contributed by atoms with Gasteiger partial charge in [-0.1, -0.05) is 0 Å². The van der Waals surface area contributed by atoms with Crippen molar-refractivity contribution in [2.45, 2.75) is 6.92 Å². The van der Waals surface area contributed by atoms with Crippen molar-refractivity contribution in [3.8, 4) is 5.75 Å². The molecule has 0 spiro atoms. The number of rotatable bonds is 3. The SMILES string of the molecule is Cc1n[nH]c(=O)nc1Nc1ccc(C(=O)O)c(O)c1. The number of aromatic carboxylic acids is 1. The van der Waals surface area contributed by atoms with Crippen LogP contribution >= 0.6 is 0 Å². The molecule has 0 aliphatic carbocycles. The number of nitrogens with zero attached hydrogens (tertiary/aromatic N) is 2. The number of aromatic nitrogens is 3. The van der Waals surface area contributed by atoms with Crippen LogP contribution in [0.1, 0.15) is 16.1 Å². The van der Waals surface area contributed by atoms with Crippen LogP contribution in [-0.4, -0.2) is 31.4 Å². The molecule has 0 amide bonds. The lowest BCUT2D eigenvalue weighted by molar-refractivity contribution is 0.0694. The van der Waals surface area contributed by atoms with Crippen molar-refractivity contribution >= 4 is 17.5 Å². The van der Waals surface area contributed by atoms with Gasteiger partial charge in [0, 0.05) is 11.8 Å². The maximum absolute atomic E-state index is 11.0. The van der Waals surface area contributed by atoms with E-state index < -0.39 is 11.7 Å². The number of nitrogens with one attached hydrogen (secondary N) is 2. The Morgan fingerprint density at radius 3 is 2.79 bits per heavy atom. The Morgan fingerprint density at radius 2 is 2.16 bits per heavy atom. The second kappa shape index (κ2) is 4.77. The lowest BCUT2D eigenvalue weighted by atomic mass is 10.2. The summed E-state index contributed by atoms with van der Waals surface area (Å²) in [5, 5.41) is 27.0. The van der Waals surface area contributed by atoms with E-state index in [2.05, 4.69) is 20.5 Å². The Kier molecular flexibility index (Phi) is 3.15. The molecule has 19 heavy (non-hydrogen) atoms. The number of hydrogen-bond donors (Lipinski definition) is 4. The highest BCUT2D eigenvalue weighted by Crippen LogP contribution is 2.24. The number of aryl methyl sites for hydroxylation is 1. The second-order valence-electron chi connectivity index (χ2n) is 3.74. The molecule has 0 atom stereocenters. The van der Waals surface area contributed by atoms with E-state index in [1.807, 2.05) is 0 Å². The minimum atomic E-state index is -1.23. The van der Waals surface area contributed by atoms with Crippen LogP contribution in [0.15, 0.2) is 23.0 Å². The fraction of sp³-hybridized carbons (Fsp3) is 0.0909. The number of phenols is 1. The summed E-state index contributed by atoms with van der Waals surface area (Å²) in [6, 6.07) is 3.92. The van der Waals surface area contributed by atoms with Gasteiger partial charge in [0.2, 0.25) is 0 Å². The van der Waals surface area contributed by atoms with Crippen LogP contribution in [0.4, 0.5) is 11.5 Å². The summed E-state index contributed by atoms with van der Waals surface area (Å²) in [5.41, 5.74) is 0.0330. The van der Waals surface area contributed by atoms with Gasteiger partial charge < -0.3 is 15.5 Å². The molecule has 0 aliphatic rings. The normalized spacial score (nSPS) is 10.2. The predicted molar refractivity (Wildman–Crippen MR) is 65.7 cm³/mol. The van der Waals surface area contributed by atoms with E-state index in [-0.39, 0.29) is 17.1 Å². The Labute approximate surface area is 106 Å². The third-order valence-electron chi connectivity index (χ3n) is 2.37. The summed E-state index contributed by atoms with van der Waals surface area (Å²) in [7, 11) is 0. The molecular weight excluding hydrogens is 252 g/mol. The van der Waals surface area contributed by atoms with Gasteiger partial charge >= 0.3 is 11.7 Å². The molecule has 8 heteroatoms. The van der Waals surface area contributed by atoms with Gasteiger partial charge in [-0.3, -0.25) is 0 Å². The minimum Gasteiger partial charge on any atom is -0.507 e. The molecule has 0 radical (unpaired) electrons. The first-order valence-electron chi connectivity index (χ1n) is 5.24. The van der Waals surface area contributed by atoms with E-state index >= 15 is 0 Å². The molecule has 0 bridgehead atoms. The maximum atomic E-state index is 11.0. The van der Waals surface area contributed by atoms with E-state index in [1.54, 1.807) is 6.92 Å². The Morgan fingerprint density at radius 1 is 1.42 bits per heavy atom. The van der Waals surface area contributed by atoms with Crippen molar-refractivity contribution in [1.82, 2.24) is 15.2 Å². The van der Waals surface area contributed by atoms with Gasteiger partial charge in [0.15, 0.2) is 5.82 Å². The molecule has 0 fully saturated rings. The third-order valence-corrected chi connectivity index (χ3v) is 2.37.